The summed E-state index contributed by atoms with van der Waals surface area (Å²) in [5.74, 6) is -0.133. The molecule has 22 heavy (non-hydrogen) atoms. The van der Waals surface area contributed by atoms with Gasteiger partial charge in [-0.1, -0.05) is 42.5 Å². The van der Waals surface area contributed by atoms with E-state index < -0.39 is 5.97 Å². The van der Waals surface area contributed by atoms with Crippen LogP contribution in [0.25, 0.3) is 0 Å². The standard InChI is InChI=1S/C19H17NO2/c21-19(22)13-9-10-17-16(11-13)14-7-4-8-15(14)18(20-17)12-5-2-1-3-6-12/h1-7,9-11,14-15,18,20H,8H2,(H,21,22)/t14-,15-,18+/m0/s1. The van der Waals surface area contributed by atoms with E-state index in [1.165, 1.54) is 5.56 Å². The van der Waals surface area contributed by atoms with Crippen LogP contribution in [0.5, 0.6) is 0 Å². The van der Waals surface area contributed by atoms with E-state index in [1.54, 1.807) is 6.07 Å². The number of allylic oxidation sites excluding steroid dienone is 2. The first-order valence-electron chi connectivity index (χ1n) is 7.59. The van der Waals surface area contributed by atoms with Crippen LogP contribution in [0.15, 0.2) is 60.7 Å². The average Bonchev–Trinajstić information content (AvgIpc) is 3.04. The van der Waals surface area contributed by atoms with E-state index in [0.717, 1.165) is 17.7 Å². The lowest BCUT2D eigenvalue weighted by Crippen LogP contribution is -2.29. The number of aromatic carboxylic acids is 1. The molecule has 1 aliphatic heterocycles. The van der Waals surface area contributed by atoms with Crippen molar-refractivity contribution in [2.75, 3.05) is 5.32 Å². The largest absolute Gasteiger partial charge is 0.478 e. The molecule has 2 aromatic carbocycles. The lowest BCUT2D eigenvalue weighted by molar-refractivity contribution is 0.0696. The van der Waals surface area contributed by atoms with E-state index in [-0.39, 0.29) is 6.04 Å². The Kier molecular flexibility index (Phi) is 3.00. The lowest BCUT2D eigenvalue weighted by Gasteiger charge is -2.37. The number of hydrogen-bond acceptors (Lipinski definition) is 2. The van der Waals surface area contributed by atoms with Crippen LogP contribution in [0.4, 0.5) is 5.69 Å². The lowest BCUT2D eigenvalue weighted by atomic mass is 9.76. The Morgan fingerprint density at radius 2 is 1.95 bits per heavy atom. The molecule has 3 heteroatoms. The van der Waals surface area contributed by atoms with Crippen molar-refractivity contribution >= 4 is 11.7 Å². The predicted octanol–water partition coefficient (Wildman–Crippen LogP) is 4.21. The second-order valence-corrected chi connectivity index (χ2v) is 5.99. The molecular formula is C19H17NO2. The Morgan fingerprint density at radius 3 is 2.73 bits per heavy atom. The fourth-order valence-electron chi connectivity index (χ4n) is 3.72. The van der Waals surface area contributed by atoms with Crippen LogP contribution in [0.3, 0.4) is 0 Å². The quantitative estimate of drug-likeness (QED) is 0.815. The van der Waals surface area contributed by atoms with E-state index in [4.69, 9.17) is 0 Å². The van der Waals surface area contributed by atoms with Gasteiger partial charge in [0.1, 0.15) is 0 Å². The summed E-state index contributed by atoms with van der Waals surface area (Å²) in [6.07, 6.45) is 5.47. The first kappa shape index (κ1) is 13.1. The van der Waals surface area contributed by atoms with Gasteiger partial charge >= 0.3 is 5.97 Å². The monoisotopic (exact) mass is 291 g/mol. The van der Waals surface area contributed by atoms with Crippen molar-refractivity contribution in [2.45, 2.75) is 18.4 Å². The molecule has 4 rings (SSSR count). The van der Waals surface area contributed by atoms with Gasteiger partial charge in [-0.05, 0) is 41.7 Å². The first-order chi connectivity index (χ1) is 10.7. The molecule has 2 aromatic rings. The predicted molar refractivity (Wildman–Crippen MR) is 86.2 cm³/mol. The molecule has 0 unspecified atom stereocenters. The Balaban J connectivity index is 1.79. The van der Waals surface area contributed by atoms with Gasteiger partial charge in [0.05, 0.1) is 11.6 Å². The molecule has 0 bridgehead atoms. The Hall–Kier alpha value is -2.55. The van der Waals surface area contributed by atoms with Crippen molar-refractivity contribution in [3.63, 3.8) is 0 Å². The van der Waals surface area contributed by atoms with Crippen LogP contribution in [-0.4, -0.2) is 11.1 Å². The highest BCUT2D eigenvalue weighted by molar-refractivity contribution is 5.89. The summed E-state index contributed by atoms with van der Waals surface area (Å²) in [5, 5.41) is 12.8. The van der Waals surface area contributed by atoms with Gasteiger partial charge in [0.15, 0.2) is 0 Å². The fourth-order valence-corrected chi connectivity index (χ4v) is 3.72. The Labute approximate surface area is 129 Å². The van der Waals surface area contributed by atoms with Crippen LogP contribution in [-0.2, 0) is 0 Å². The van der Waals surface area contributed by atoms with Gasteiger partial charge in [0.25, 0.3) is 0 Å². The normalized spacial score (nSPS) is 25.2. The van der Waals surface area contributed by atoms with Crippen LogP contribution >= 0.6 is 0 Å². The van der Waals surface area contributed by atoms with Gasteiger partial charge in [0, 0.05) is 11.6 Å². The molecule has 0 radical (unpaired) electrons. The molecule has 1 heterocycles. The SMILES string of the molecule is O=C(O)c1ccc2c(c1)[C@H]1C=CC[C@@H]1[C@@H](c1ccccc1)N2. The highest BCUT2D eigenvalue weighted by atomic mass is 16.4. The zero-order valence-corrected chi connectivity index (χ0v) is 12.1. The Morgan fingerprint density at radius 1 is 1.14 bits per heavy atom. The zero-order valence-electron chi connectivity index (χ0n) is 12.1. The third kappa shape index (κ3) is 2.01. The van der Waals surface area contributed by atoms with Crippen molar-refractivity contribution in [3.05, 3.63) is 77.4 Å². The topological polar surface area (TPSA) is 49.3 Å². The molecule has 2 N–H and O–H groups in total. The van der Waals surface area contributed by atoms with Crippen molar-refractivity contribution in [1.29, 1.82) is 0 Å². The highest BCUT2D eigenvalue weighted by Gasteiger charge is 2.37. The maximum atomic E-state index is 11.2. The molecule has 3 nitrogen and oxygen atoms in total. The van der Waals surface area contributed by atoms with Crippen molar-refractivity contribution in [1.82, 2.24) is 0 Å². The van der Waals surface area contributed by atoms with Crippen molar-refractivity contribution in [3.8, 4) is 0 Å². The number of carboxylic acids is 1. The minimum absolute atomic E-state index is 0.268. The van der Waals surface area contributed by atoms with Crippen LogP contribution < -0.4 is 5.32 Å². The molecule has 0 saturated heterocycles. The van der Waals surface area contributed by atoms with Gasteiger partial charge in [-0.3, -0.25) is 0 Å². The number of nitrogens with one attached hydrogen (secondary N) is 1. The third-order valence-electron chi connectivity index (χ3n) is 4.77. The number of rotatable bonds is 2. The first-order valence-corrected chi connectivity index (χ1v) is 7.59. The van der Waals surface area contributed by atoms with E-state index in [1.807, 2.05) is 18.2 Å². The minimum atomic E-state index is -0.869. The number of carboxylic acid groups (broad SMARTS) is 1. The third-order valence-corrected chi connectivity index (χ3v) is 4.77. The van der Waals surface area contributed by atoms with Gasteiger partial charge in [-0.2, -0.15) is 0 Å². The average molecular weight is 291 g/mol. The summed E-state index contributed by atoms with van der Waals surface area (Å²) in [4.78, 5) is 11.2. The molecule has 3 atom stereocenters. The summed E-state index contributed by atoms with van der Waals surface area (Å²) >= 11 is 0. The maximum absolute atomic E-state index is 11.2. The fraction of sp³-hybridized carbons (Fsp3) is 0.211. The van der Waals surface area contributed by atoms with Crippen molar-refractivity contribution < 1.29 is 9.90 Å². The van der Waals surface area contributed by atoms with Crippen LogP contribution in [0.1, 0.15) is 39.9 Å². The second kappa shape index (κ2) is 5.02. The van der Waals surface area contributed by atoms with Gasteiger partial charge in [-0.25, -0.2) is 4.79 Å². The Bertz CT molecular complexity index is 751. The molecule has 0 amide bonds. The smallest absolute Gasteiger partial charge is 0.335 e. The summed E-state index contributed by atoms with van der Waals surface area (Å²) in [6.45, 7) is 0. The van der Waals surface area contributed by atoms with E-state index in [2.05, 4.69) is 41.7 Å². The number of anilines is 1. The van der Waals surface area contributed by atoms with Gasteiger partial charge < -0.3 is 10.4 Å². The van der Waals surface area contributed by atoms with E-state index in [0.29, 0.717) is 17.4 Å². The molecular weight excluding hydrogens is 274 g/mol. The molecule has 0 aromatic heterocycles. The number of carbonyl (C=O) groups is 1. The molecule has 0 fully saturated rings. The van der Waals surface area contributed by atoms with Gasteiger partial charge in [0.2, 0.25) is 0 Å². The zero-order chi connectivity index (χ0) is 15.1. The van der Waals surface area contributed by atoms with Crippen molar-refractivity contribution in [2.24, 2.45) is 5.92 Å². The van der Waals surface area contributed by atoms with E-state index in [9.17, 15) is 9.90 Å². The summed E-state index contributed by atoms with van der Waals surface area (Å²) < 4.78 is 0. The second-order valence-electron chi connectivity index (χ2n) is 5.99. The molecule has 0 saturated carbocycles. The summed E-state index contributed by atoms with van der Waals surface area (Å²) in [7, 11) is 0. The molecule has 110 valence electrons. The number of fused-ring (bicyclic) bond motifs is 3. The molecule has 1 aliphatic carbocycles. The maximum Gasteiger partial charge on any atom is 0.335 e. The van der Waals surface area contributed by atoms with Crippen LogP contribution in [0, 0.1) is 5.92 Å². The molecule has 2 aliphatic rings. The number of benzene rings is 2. The molecule has 0 spiro atoms. The van der Waals surface area contributed by atoms with Crippen LogP contribution in [0.2, 0.25) is 0 Å². The van der Waals surface area contributed by atoms with Gasteiger partial charge in [-0.15, -0.1) is 0 Å². The number of hydrogen-bond donors (Lipinski definition) is 2. The minimum Gasteiger partial charge on any atom is -0.478 e. The summed E-state index contributed by atoms with van der Waals surface area (Å²) in [5.41, 5.74) is 3.80. The van der Waals surface area contributed by atoms with E-state index >= 15 is 0 Å². The highest BCUT2D eigenvalue weighted by Crippen LogP contribution is 2.49. The summed E-state index contributed by atoms with van der Waals surface area (Å²) in [6, 6.07) is 16.1.